The zero-order chi connectivity index (χ0) is 18.6. The number of carbonyl (C=O) groups is 1. The number of rotatable bonds is 8. The molecule has 2 aromatic carbocycles. The molecule has 0 aliphatic heterocycles. The van der Waals surface area contributed by atoms with Crippen LogP contribution in [0, 0.1) is 0 Å². The van der Waals surface area contributed by atoms with Gasteiger partial charge < -0.3 is 20.7 Å². The second-order valence-electron chi connectivity index (χ2n) is 5.68. The zero-order valence-electron chi connectivity index (χ0n) is 15.7. The number of amides is 1. The van der Waals surface area contributed by atoms with Crippen molar-refractivity contribution in [2.75, 3.05) is 27.2 Å². The van der Waals surface area contributed by atoms with Gasteiger partial charge in [0.2, 0.25) is 5.91 Å². The predicted molar refractivity (Wildman–Crippen MR) is 120 cm³/mol. The van der Waals surface area contributed by atoms with Crippen molar-refractivity contribution >= 4 is 35.8 Å². The summed E-state index contributed by atoms with van der Waals surface area (Å²) in [6, 6.07) is 17.8. The Bertz CT molecular complexity index is 723. The Labute approximate surface area is 177 Å². The monoisotopic (exact) mass is 482 g/mol. The van der Waals surface area contributed by atoms with Gasteiger partial charge in [0.1, 0.15) is 5.75 Å². The highest BCUT2D eigenvalue weighted by molar-refractivity contribution is 14.0. The number of hydrogen-bond donors (Lipinski definition) is 3. The lowest BCUT2D eigenvalue weighted by Gasteiger charge is -2.13. The summed E-state index contributed by atoms with van der Waals surface area (Å²) >= 11 is 0. The standard InChI is InChI=1S/C20H26N4O2.HI/c1-21-20(23-14-17-10-6-7-11-18(17)26-2)24-15-19(25)22-13-12-16-8-4-3-5-9-16;/h3-11H,12-15H2,1-2H3,(H,22,25)(H2,21,23,24);1H. The van der Waals surface area contributed by atoms with E-state index in [1.807, 2.05) is 54.6 Å². The normalized spacial score (nSPS) is 10.5. The number of nitrogens with zero attached hydrogens (tertiary/aromatic N) is 1. The first-order valence-electron chi connectivity index (χ1n) is 8.60. The lowest BCUT2D eigenvalue weighted by molar-refractivity contribution is -0.119. The van der Waals surface area contributed by atoms with Crippen molar-refractivity contribution in [3.05, 3.63) is 65.7 Å². The number of methoxy groups -OCH3 is 1. The maximum Gasteiger partial charge on any atom is 0.239 e. The Morgan fingerprint density at radius 2 is 1.70 bits per heavy atom. The van der Waals surface area contributed by atoms with Crippen molar-refractivity contribution in [3.63, 3.8) is 0 Å². The molecule has 6 nitrogen and oxygen atoms in total. The van der Waals surface area contributed by atoms with Gasteiger partial charge in [-0.3, -0.25) is 9.79 Å². The Balaban J connectivity index is 0.00000364. The highest BCUT2D eigenvalue weighted by Crippen LogP contribution is 2.16. The van der Waals surface area contributed by atoms with Crippen molar-refractivity contribution in [1.29, 1.82) is 0 Å². The van der Waals surface area contributed by atoms with Crippen molar-refractivity contribution in [3.8, 4) is 5.75 Å². The third-order valence-electron chi connectivity index (χ3n) is 3.86. The largest absolute Gasteiger partial charge is 0.496 e. The predicted octanol–water partition coefficient (Wildman–Crippen LogP) is 2.34. The molecule has 0 unspecified atom stereocenters. The number of para-hydroxylation sites is 1. The van der Waals surface area contributed by atoms with Gasteiger partial charge in [0.05, 0.1) is 13.7 Å². The van der Waals surface area contributed by atoms with Crippen molar-refractivity contribution in [1.82, 2.24) is 16.0 Å². The molecule has 0 saturated carbocycles. The maximum atomic E-state index is 12.0. The van der Waals surface area contributed by atoms with Crippen molar-refractivity contribution in [2.45, 2.75) is 13.0 Å². The number of nitrogens with one attached hydrogen (secondary N) is 3. The second-order valence-corrected chi connectivity index (χ2v) is 5.68. The van der Waals surface area contributed by atoms with E-state index in [9.17, 15) is 4.79 Å². The summed E-state index contributed by atoms with van der Waals surface area (Å²) < 4.78 is 5.33. The maximum absolute atomic E-state index is 12.0. The average molecular weight is 482 g/mol. The lowest BCUT2D eigenvalue weighted by Crippen LogP contribution is -2.43. The smallest absolute Gasteiger partial charge is 0.239 e. The van der Waals surface area contributed by atoms with E-state index in [0.717, 1.165) is 17.7 Å². The second kappa shape index (κ2) is 13.0. The SMILES string of the molecule is CN=C(NCC(=O)NCCc1ccccc1)NCc1ccccc1OC.I. The number of hydrogen-bond acceptors (Lipinski definition) is 3. The molecule has 27 heavy (non-hydrogen) atoms. The third-order valence-corrected chi connectivity index (χ3v) is 3.86. The van der Waals surface area contributed by atoms with Gasteiger partial charge in [0.15, 0.2) is 5.96 Å². The number of aliphatic imine (C=N–C) groups is 1. The molecule has 0 aliphatic rings. The lowest BCUT2D eigenvalue weighted by atomic mass is 10.1. The first kappa shape index (κ1) is 22.8. The first-order chi connectivity index (χ1) is 12.7. The van der Waals surface area contributed by atoms with Crippen LogP contribution in [0.3, 0.4) is 0 Å². The Kier molecular flexibility index (Phi) is 10.9. The van der Waals surface area contributed by atoms with Crippen molar-refractivity contribution < 1.29 is 9.53 Å². The van der Waals surface area contributed by atoms with Crippen LogP contribution in [0.5, 0.6) is 5.75 Å². The Morgan fingerprint density at radius 1 is 1.00 bits per heavy atom. The molecule has 0 atom stereocenters. The summed E-state index contributed by atoms with van der Waals surface area (Å²) in [6.45, 7) is 1.33. The van der Waals surface area contributed by atoms with Gasteiger partial charge in [-0.25, -0.2) is 0 Å². The van der Waals surface area contributed by atoms with Crippen LogP contribution in [0.25, 0.3) is 0 Å². The molecule has 0 aliphatic carbocycles. The first-order valence-corrected chi connectivity index (χ1v) is 8.60. The topological polar surface area (TPSA) is 74.8 Å². The van der Waals surface area contributed by atoms with Gasteiger partial charge in [-0.15, -0.1) is 24.0 Å². The fourth-order valence-corrected chi connectivity index (χ4v) is 2.47. The molecule has 146 valence electrons. The zero-order valence-corrected chi connectivity index (χ0v) is 18.0. The van der Waals surface area contributed by atoms with Crippen molar-refractivity contribution in [2.24, 2.45) is 4.99 Å². The molecule has 0 radical (unpaired) electrons. The molecular formula is C20H27IN4O2. The fraction of sp³-hybridized carbons (Fsp3) is 0.300. The van der Waals surface area contributed by atoms with E-state index in [1.165, 1.54) is 5.56 Å². The highest BCUT2D eigenvalue weighted by Gasteiger charge is 2.05. The van der Waals surface area contributed by atoms with Crippen LogP contribution < -0.4 is 20.7 Å². The van der Waals surface area contributed by atoms with Gasteiger partial charge in [0, 0.05) is 25.7 Å². The summed E-state index contributed by atoms with van der Waals surface area (Å²) in [6.07, 6.45) is 0.813. The summed E-state index contributed by atoms with van der Waals surface area (Å²) in [5, 5.41) is 9.09. The van der Waals surface area contributed by atoms with Crippen LogP contribution in [0.2, 0.25) is 0 Å². The molecule has 0 fully saturated rings. The number of carbonyl (C=O) groups excluding carboxylic acids is 1. The molecule has 0 spiro atoms. The summed E-state index contributed by atoms with van der Waals surface area (Å²) in [4.78, 5) is 16.1. The summed E-state index contributed by atoms with van der Waals surface area (Å²) in [5.74, 6) is 1.31. The van der Waals surface area contributed by atoms with Gasteiger partial charge in [0.25, 0.3) is 0 Å². The molecule has 0 bridgehead atoms. The Morgan fingerprint density at radius 3 is 2.41 bits per heavy atom. The van der Waals surface area contributed by atoms with Gasteiger partial charge >= 0.3 is 0 Å². The van der Waals surface area contributed by atoms with Crippen LogP contribution in [-0.4, -0.2) is 39.1 Å². The molecular weight excluding hydrogens is 455 g/mol. The molecule has 2 aromatic rings. The number of guanidine groups is 1. The number of ether oxygens (including phenoxy) is 1. The van der Waals surface area contributed by atoms with Crippen LogP contribution in [-0.2, 0) is 17.8 Å². The van der Waals surface area contributed by atoms with Gasteiger partial charge in [-0.2, -0.15) is 0 Å². The molecule has 0 aromatic heterocycles. The van der Waals surface area contributed by atoms with E-state index in [2.05, 4.69) is 20.9 Å². The minimum atomic E-state index is -0.0684. The van der Waals surface area contributed by atoms with Crippen LogP contribution in [0.15, 0.2) is 59.6 Å². The van der Waals surface area contributed by atoms with E-state index >= 15 is 0 Å². The van der Waals surface area contributed by atoms with E-state index < -0.39 is 0 Å². The number of benzene rings is 2. The minimum Gasteiger partial charge on any atom is -0.496 e. The molecule has 0 heterocycles. The minimum absolute atomic E-state index is 0. The van der Waals surface area contributed by atoms with Crippen LogP contribution >= 0.6 is 24.0 Å². The molecule has 0 saturated heterocycles. The highest BCUT2D eigenvalue weighted by atomic mass is 127. The van der Waals surface area contributed by atoms with Crippen LogP contribution in [0.1, 0.15) is 11.1 Å². The van der Waals surface area contributed by atoms with E-state index in [0.29, 0.717) is 19.0 Å². The van der Waals surface area contributed by atoms with E-state index in [1.54, 1.807) is 14.2 Å². The van der Waals surface area contributed by atoms with Crippen LogP contribution in [0.4, 0.5) is 0 Å². The number of halogens is 1. The molecule has 1 amide bonds. The molecule has 3 N–H and O–H groups in total. The third kappa shape index (κ3) is 8.29. The average Bonchev–Trinajstić information content (AvgIpc) is 2.69. The fourth-order valence-electron chi connectivity index (χ4n) is 2.47. The van der Waals surface area contributed by atoms with E-state index in [4.69, 9.17) is 4.74 Å². The summed E-state index contributed by atoms with van der Waals surface area (Å²) in [7, 11) is 3.32. The molecule has 7 heteroatoms. The quantitative estimate of drug-likeness (QED) is 0.307. The Hall–Kier alpha value is -2.29. The summed E-state index contributed by atoms with van der Waals surface area (Å²) in [5.41, 5.74) is 2.22. The van der Waals surface area contributed by atoms with Gasteiger partial charge in [-0.1, -0.05) is 48.5 Å². The molecule has 2 rings (SSSR count). The van der Waals surface area contributed by atoms with Gasteiger partial charge in [-0.05, 0) is 18.1 Å². The van der Waals surface area contributed by atoms with E-state index in [-0.39, 0.29) is 36.4 Å².